The van der Waals surface area contributed by atoms with Crippen molar-refractivity contribution >= 4 is 17.6 Å². The molecule has 104 valence electrons. The van der Waals surface area contributed by atoms with Gasteiger partial charge in [-0.2, -0.15) is 0 Å². The molecule has 4 heteroatoms. The number of hydrogen-bond acceptors (Lipinski definition) is 2. The lowest BCUT2D eigenvalue weighted by Crippen LogP contribution is -2.23. The van der Waals surface area contributed by atoms with Crippen LogP contribution in [0.3, 0.4) is 0 Å². The summed E-state index contributed by atoms with van der Waals surface area (Å²) in [5.74, 6) is -1.14. The summed E-state index contributed by atoms with van der Waals surface area (Å²) in [7, 11) is 0. The van der Waals surface area contributed by atoms with E-state index >= 15 is 0 Å². The first kappa shape index (κ1) is 14.4. The molecule has 19 heavy (non-hydrogen) atoms. The van der Waals surface area contributed by atoms with E-state index in [0.717, 1.165) is 18.4 Å². The van der Waals surface area contributed by atoms with Crippen molar-refractivity contribution in [1.29, 1.82) is 0 Å². The van der Waals surface area contributed by atoms with Crippen LogP contribution in [0, 0.1) is 5.92 Å². The number of carboxylic acid groups (broad SMARTS) is 1. The number of benzene rings is 1. The quantitative estimate of drug-likeness (QED) is 0.898. The number of carbonyl (C=O) groups is 1. The van der Waals surface area contributed by atoms with Crippen LogP contribution in [0.4, 0.5) is 0 Å². The first-order valence-electron chi connectivity index (χ1n) is 6.67. The summed E-state index contributed by atoms with van der Waals surface area (Å²) in [6.07, 6.45) is 3.45. The highest BCUT2D eigenvalue weighted by atomic mass is 35.5. The molecule has 1 aromatic carbocycles. The van der Waals surface area contributed by atoms with Crippen LogP contribution >= 0.6 is 11.6 Å². The summed E-state index contributed by atoms with van der Waals surface area (Å²) in [5.41, 5.74) is 1.00. The molecule has 1 N–H and O–H groups in total. The van der Waals surface area contributed by atoms with Crippen molar-refractivity contribution in [3.63, 3.8) is 0 Å². The van der Waals surface area contributed by atoms with Gasteiger partial charge in [0.15, 0.2) is 0 Å². The van der Waals surface area contributed by atoms with Crippen LogP contribution < -0.4 is 0 Å². The molecular formula is C15H19ClO3. The number of ether oxygens (including phenoxy) is 1. The van der Waals surface area contributed by atoms with Crippen LogP contribution in [-0.2, 0) is 16.0 Å². The largest absolute Gasteiger partial charge is 0.481 e. The van der Waals surface area contributed by atoms with Crippen LogP contribution in [0.2, 0.25) is 5.02 Å². The molecule has 1 heterocycles. The van der Waals surface area contributed by atoms with E-state index in [0.29, 0.717) is 17.9 Å². The van der Waals surface area contributed by atoms with Crippen molar-refractivity contribution in [2.45, 2.75) is 44.8 Å². The molecule has 0 bridgehead atoms. The van der Waals surface area contributed by atoms with Crippen LogP contribution in [0.15, 0.2) is 24.3 Å². The Labute approximate surface area is 118 Å². The van der Waals surface area contributed by atoms with Gasteiger partial charge in [0, 0.05) is 5.02 Å². The van der Waals surface area contributed by atoms with Gasteiger partial charge in [0.1, 0.15) is 0 Å². The lowest BCUT2D eigenvalue weighted by Gasteiger charge is -2.17. The third-order valence-corrected chi connectivity index (χ3v) is 3.86. The van der Waals surface area contributed by atoms with Crippen LogP contribution in [-0.4, -0.2) is 23.3 Å². The SMILES string of the molecule is CC1CCC(CC(Cc2ccc(Cl)cc2)C(=O)O)O1. The van der Waals surface area contributed by atoms with Gasteiger partial charge < -0.3 is 9.84 Å². The van der Waals surface area contributed by atoms with E-state index in [1.165, 1.54) is 0 Å². The van der Waals surface area contributed by atoms with Crippen molar-refractivity contribution in [2.75, 3.05) is 0 Å². The molecule has 1 aliphatic rings. The highest BCUT2D eigenvalue weighted by Crippen LogP contribution is 2.26. The lowest BCUT2D eigenvalue weighted by molar-refractivity contribution is -0.143. The van der Waals surface area contributed by atoms with Gasteiger partial charge in [-0.1, -0.05) is 23.7 Å². The van der Waals surface area contributed by atoms with Gasteiger partial charge in [-0.05, 0) is 50.3 Å². The molecule has 1 aliphatic heterocycles. The highest BCUT2D eigenvalue weighted by Gasteiger charge is 2.28. The van der Waals surface area contributed by atoms with Gasteiger partial charge in [-0.25, -0.2) is 0 Å². The first-order chi connectivity index (χ1) is 9.04. The fourth-order valence-corrected chi connectivity index (χ4v) is 2.68. The van der Waals surface area contributed by atoms with Gasteiger partial charge in [0.2, 0.25) is 0 Å². The minimum atomic E-state index is -0.752. The molecule has 3 unspecified atom stereocenters. The Bertz CT molecular complexity index is 430. The standard InChI is InChI=1S/C15H19ClO3/c1-10-2-7-14(19-10)9-12(15(17)18)8-11-3-5-13(16)6-4-11/h3-6,10,12,14H,2,7-9H2,1H3,(H,17,18). The molecule has 0 aromatic heterocycles. The van der Waals surface area contributed by atoms with Crippen molar-refractivity contribution in [2.24, 2.45) is 5.92 Å². The molecular weight excluding hydrogens is 264 g/mol. The first-order valence-corrected chi connectivity index (χ1v) is 7.05. The van der Waals surface area contributed by atoms with E-state index < -0.39 is 11.9 Å². The normalized spacial score (nSPS) is 24.3. The van der Waals surface area contributed by atoms with Gasteiger partial charge in [-0.3, -0.25) is 4.79 Å². The number of aliphatic carboxylic acids is 1. The Morgan fingerprint density at radius 1 is 1.42 bits per heavy atom. The number of hydrogen-bond donors (Lipinski definition) is 1. The second-order valence-electron chi connectivity index (χ2n) is 5.25. The molecule has 2 rings (SSSR count). The fraction of sp³-hybridized carbons (Fsp3) is 0.533. The predicted octanol–water partition coefficient (Wildman–Crippen LogP) is 3.54. The number of carboxylic acids is 1. The van der Waals surface area contributed by atoms with Crippen molar-refractivity contribution in [3.8, 4) is 0 Å². The maximum Gasteiger partial charge on any atom is 0.306 e. The monoisotopic (exact) mass is 282 g/mol. The Kier molecular flexibility index (Phi) is 4.83. The molecule has 1 saturated heterocycles. The van der Waals surface area contributed by atoms with E-state index in [9.17, 15) is 9.90 Å². The van der Waals surface area contributed by atoms with Crippen LogP contribution in [0.5, 0.6) is 0 Å². The van der Waals surface area contributed by atoms with Crippen molar-refractivity contribution in [3.05, 3.63) is 34.9 Å². The van der Waals surface area contributed by atoms with Crippen LogP contribution in [0.25, 0.3) is 0 Å². The third kappa shape index (κ3) is 4.22. The van der Waals surface area contributed by atoms with Crippen molar-refractivity contribution in [1.82, 2.24) is 0 Å². The summed E-state index contributed by atoms with van der Waals surface area (Å²) in [5, 5.41) is 10.0. The second-order valence-corrected chi connectivity index (χ2v) is 5.68. The van der Waals surface area contributed by atoms with E-state index in [4.69, 9.17) is 16.3 Å². The Morgan fingerprint density at radius 3 is 2.63 bits per heavy atom. The van der Waals surface area contributed by atoms with Gasteiger partial charge in [0.05, 0.1) is 18.1 Å². The Balaban J connectivity index is 1.96. The zero-order chi connectivity index (χ0) is 13.8. The zero-order valence-electron chi connectivity index (χ0n) is 11.0. The fourth-order valence-electron chi connectivity index (χ4n) is 2.55. The van der Waals surface area contributed by atoms with Gasteiger partial charge >= 0.3 is 5.97 Å². The second kappa shape index (κ2) is 6.40. The summed E-state index contributed by atoms with van der Waals surface area (Å²) in [4.78, 5) is 11.4. The summed E-state index contributed by atoms with van der Waals surface area (Å²) in [6.45, 7) is 2.04. The van der Waals surface area contributed by atoms with E-state index in [1.54, 1.807) is 12.1 Å². The summed E-state index contributed by atoms with van der Waals surface area (Å²) in [6, 6.07) is 7.36. The molecule has 3 atom stereocenters. The van der Waals surface area contributed by atoms with Gasteiger partial charge in [-0.15, -0.1) is 0 Å². The van der Waals surface area contributed by atoms with Gasteiger partial charge in [0.25, 0.3) is 0 Å². The Hall–Kier alpha value is -1.06. The molecule has 0 radical (unpaired) electrons. The topological polar surface area (TPSA) is 46.5 Å². The van der Waals surface area contributed by atoms with E-state index in [2.05, 4.69) is 0 Å². The minimum Gasteiger partial charge on any atom is -0.481 e. The number of rotatable bonds is 5. The maximum absolute atomic E-state index is 11.4. The molecule has 0 saturated carbocycles. The van der Waals surface area contributed by atoms with E-state index in [-0.39, 0.29) is 12.2 Å². The maximum atomic E-state index is 11.4. The van der Waals surface area contributed by atoms with Crippen LogP contribution in [0.1, 0.15) is 31.7 Å². The lowest BCUT2D eigenvalue weighted by atomic mass is 9.93. The minimum absolute atomic E-state index is 0.0865. The molecule has 0 aliphatic carbocycles. The predicted molar refractivity (Wildman–Crippen MR) is 74.5 cm³/mol. The van der Waals surface area contributed by atoms with E-state index in [1.807, 2.05) is 19.1 Å². The van der Waals surface area contributed by atoms with Crippen molar-refractivity contribution < 1.29 is 14.6 Å². The average molecular weight is 283 g/mol. The summed E-state index contributed by atoms with van der Waals surface area (Å²) >= 11 is 5.83. The molecule has 1 aromatic rings. The molecule has 0 spiro atoms. The molecule has 3 nitrogen and oxygen atoms in total. The molecule has 1 fully saturated rings. The summed E-state index contributed by atoms with van der Waals surface area (Å²) < 4.78 is 5.71. The smallest absolute Gasteiger partial charge is 0.306 e. The highest BCUT2D eigenvalue weighted by molar-refractivity contribution is 6.30. The Morgan fingerprint density at radius 2 is 2.11 bits per heavy atom. The average Bonchev–Trinajstić information content (AvgIpc) is 2.76. The molecule has 0 amide bonds. The zero-order valence-corrected chi connectivity index (χ0v) is 11.8. The third-order valence-electron chi connectivity index (χ3n) is 3.61. The number of halogens is 1.